The van der Waals surface area contributed by atoms with Crippen molar-refractivity contribution in [1.82, 2.24) is 14.8 Å². The molecule has 2 aliphatic heterocycles. The second-order valence-electron chi connectivity index (χ2n) is 7.92. The number of rotatable bonds is 3. The molecule has 2 aromatic rings. The highest BCUT2D eigenvalue weighted by Crippen LogP contribution is 2.30. The summed E-state index contributed by atoms with van der Waals surface area (Å²) in [6.45, 7) is 9.56. The van der Waals surface area contributed by atoms with E-state index in [1.165, 1.54) is 0 Å². The van der Waals surface area contributed by atoms with Crippen molar-refractivity contribution in [2.45, 2.75) is 26.1 Å². The maximum Gasteiger partial charge on any atom is 0.219 e. The van der Waals surface area contributed by atoms with E-state index in [4.69, 9.17) is 4.74 Å². The first-order chi connectivity index (χ1) is 14.0. The van der Waals surface area contributed by atoms with Crippen LogP contribution in [0.1, 0.15) is 19.4 Å². The molecule has 1 aromatic carbocycles. The van der Waals surface area contributed by atoms with E-state index in [1.54, 1.807) is 13.1 Å². The average molecular weight is 393 g/mol. The minimum atomic E-state index is 0.102. The first-order valence-electron chi connectivity index (χ1n) is 10.2. The summed E-state index contributed by atoms with van der Waals surface area (Å²) in [6.07, 6.45) is 1.96. The van der Waals surface area contributed by atoms with Gasteiger partial charge >= 0.3 is 0 Å². The maximum absolute atomic E-state index is 11.5. The van der Waals surface area contributed by atoms with Gasteiger partial charge in [0.25, 0.3) is 0 Å². The highest BCUT2D eigenvalue weighted by atomic mass is 16.5. The first-order valence-corrected chi connectivity index (χ1v) is 10.2. The highest BCUT2D eigenvalue weighted by Gasteiger charge is 2.29. The summed E-state index contributed by atoms with van der Waals surface area (Å²) in [5.41, 5.74) is 2.46. The van der Waals surface area contributed by atoms with Gasteiger partial charge in [-0.3, -0.25) is 14.7 Å². The lowest BCUT2D eigenvalue weighted by molar-refractivity contribution is -0.130. The Hall–Kier alpha value is -2.69. The molecule has 0 bridgehead atoms. The second kappa shape index (κ2) is 8.36. The molecule has 29 heavy (non-hydrogen) atoms. The van der Waals surface area contributed by atoms with Gasteiger partial charge in [-0.05, 0) is 31.2 Å². The largest absolute Gasteiger partial charge is 0.370 e. The summed E-state index contributed by atoms with van der Waals surface area (Å²) in [6, 6.07) is 10.1. The van der Waals surface area contributed by atoms with Gasteiger partial charge in [0.05, 0.1) is 23.3 Å². The normalized spacial score (nSPS) is 23.2. The number of fused-ring (bicyclic) bond motifs is 1. The predicted octanol–water partition coefficient (Wildman–Crippen LogP) is 1.86. The monoisotopic (exact) mass is 393 g/mol. The predicted molar refractivity (Wildman–Crippen MR) is 112 cm³/mol. The molecule has 0 N–H and O–H groups in total. The molecular formula is C22H27N5O2. The van der Waals surface area contributed by atoms with Gasteiger partial charge in [-0.2, -0.15) is 5.26 Å². The van der Waals surface area contributed by atoms with E-state index in [2.05, 4.69) is 27.8 Å². The smallest absolute Gasteiger partial charge is 0.219 e. The Bertz CT molecular complexity index is 932. The van der Waals surface area contributed by atoms with Gasteiger partial charge in [0.1, 0.15) is 6.07 Å². The lowest BCUT2D eigenvalue weighted by Crippen LogP contribution is -2.54. The number of carbonyl (C=O) groups is 1. The number of ether oxygens (including phenoxy) is 1. The molecule has 2 saturated heterocycles. The summed E-state index contributed by atoms with van der Waals surface area (Å²) in [5.74, 6) is 0.152. The van der Waals surface area contributed by atoms with Crippen molar-refractivity contribution < 1.29 is 9.53 Å². The van der Waals surface area contributed by atoms with E-state index in [0.29, 0.717) is 5.56 Å². The molecule has 152 valence electrons. The highest BCUT2D eigenvalue weighted by molar-refractivity contribution is 5.95. The third kappa shape index (κ3) is 4.19. The number of piperazine rings is 1. The van der Waals surface area contributed by atoms with Gasteiger partial charge in [0.2, 0.25) is 5.91 Å². The van der Waals surface area contributed by atoms with Crippen LogP contribution in [0.15, 0.2) is 30.5 Å². The Kier molecular flexibility index (Phi) is 5.65. The van der Waals surface area contributed by atoms with Crippen molar-refractivity contribution in [3.05, 3.63) is 36.0 Å². The zero-order valence-electron chi connectivity index (χ0n) is 17.0. The Labute approximate surface area is 171 Å². The molecule has 3 heterocycles. The zero-order chi connectivity index (χ0) is 20.4. The number of morpholine rings is 1. The third-order valence-electron chi connectivity index (χ3n) is 5.81. The lowest BCUT2D eigenvalue weighted by Gasteiger charge is -2.42. The topological polar surface area (TPSA) is 72.7 Å². The molecule has 0 saturated carbocycles. The number of anilines is 1. The number of hydrogen-bond acceptors (Lipinski definition) is 6. The fourth-order valence-corrected chi connectivity index (χ4v) is 4.40. The van der Waals surface area contributed by atoms with Crippen LogP contribution in [-0.2, 0) is 9.53 Å². The van der Waals surface area contributed by atoms with E-state index in [9.17, 15) is 10.1 Å². The van der Waals surface area contributed by atoms with Crippen molar-refractivity contribution in [1.29, 1.82) is 5.26 Å². The second-order valence-corrected chi connectivity index (χ2v) is 7.92. The van der Waals surface area contributed by atoms with Gasteiger partial charge in [-0.1, -0.05) is 0 Å². The number of amides is 1. The van der Waals surface area contributed by atoms with Crippen LogP contribution in [-0.4, -0.2) is 78.7 Å². The van der Waals surface area contributed by atoms with Gasteiger partial charge in [0, 0.05) is 70.0 Å². The summed E-state index contributed by atoms with van der Waals surface area (Å²) in [4.78, 5) is 22.6. The quantitative estimate of drug-likeness (QED) is 0.793. The Morgan fingerprint density at radius 1 is 1.24 bits per heavy atom. The van der Waals surface area contributed by atoms with E-state index in [1.807, 2.05) is 29.2 Å². The molecule has 1 aromatic heterocycles. The van der Waals surface area contributed by atoms with Crippen LogP contribution in [0, 0.1) is 11.3 Å². The van der Waals surface area contributed by atoms with Gasteiger partial charge < -0.3 is 14.5 Å². The van der Waals surface area contributed by atoms with Crippen molar-refractivity contribution in [2.24, 2.45) is 0 Å². The van der Waals surface area contributed by atoms with Crippen LogP contribution in [0.25, 0.3) is 10.9 Å². The van der Waals surface area contributed by atoms with E-state index in [0.717, 1.165) is 62.4 Å². The minimum absolute atomic E-state index is 0.102. The summed E-state index contributed by atoms with van der Waals surface area (Å²) in [7, 11) is 0. The molecule has 7 nitrogen and oxygen atoms in total. The molecule has 4 rings (SSSR count). The zero-order valence-corrected chi connectivity index (χ0v) is 17.0. The first kappa shape index (κ1) is 19.6. The molecule has 0 radical (unpaired) electrons. The van der Waals surface area contributed by atoms with Crippen LogP contribution in [0.4, 0.5) is 5.69 Å². The average Bonchev–Trinajstić information content (AvgIpc) is 2.73. The van der Waals surface area contributed by atoms with Crippen molar-refractivity contribution in [2.75, 3.05) is 50.7 Å². The van der Waals surface area contributed by atoms with Gasteiger partial charge in [0.15, 0.2) is 0 Å². The Morgan fingerprint density at radius 3 is 2.76 bits per heavy atom. The van der Waals surface area contributed by atoms with Gasteiger partial charge in [-0.25, -0.2) is 0 Å². The van der Waals surface area contributed by atoms with E-state index < -0.39 is 0 Å². The number of aromatic nitrogens is 1. The number of nitriles is 1. The van der Waals surface area contributed by atoms with Gasteiger partial charge in [-0.15, -0.1) is 0 Å². The summed E-state index contributed by atoms with van der Waals surface area (Å²) >= 11 is 0. The van der Waals surface area contributed by atoms with Crippen LogP contribution >= 0.6 is 0 Å². The lowest BCUT2D eigenvalue weighted by atomic mass is 10.1. The van der Waals surface area contributed by atoms with Crippen molar-refractivity contribution in [3.8, 4) is 6.07 Å². The fraction of sp³-hybridized carbons (Fsp3) is 0.500. The molecule has 7 heteroatoms. The summed E-state index contributed by atoms with van der Waals surface area (Å²) in [5, 5.41) is 10.4. The van der Waals surface area contributed by atoms with Crippen molar-refractivity contribution >= 4 is 22.5 Å². The molecule has 2 atom stereocenters. The standard InChI is InChI=1S/C22H27N5O2/c1-16-13-27(21-6-5-18(12-23)22-20(21)4-3-7-24-22)15-19(29-16)14-25-8-10-26(11-9-25)17(2)28/h3-7,16,19H,8-11,13-15H2,1-2H3/t16-,19+/m1/s1. The van der Waals surface area contributed by atoms with Crippen molar-refractivity contribution in [3.63, 3.8) is 0 Å². The van der Waals surface area contributed by atoms with Crippen LogP contribution < -0.4 is 4.90 Å². The van der Waals surface area contributed by atoms with Crippen LogP contribution in [0.5, 0.6) is 0 Å². The number of nitrogens with zero attached hydrogens (tertiary/aromatic N) is 5. The molecule has 2 aliphatic rings. The molecule has 0 aliphatic carbocycles. The third-order valence-corrected chi connectivity index (χ3v) is 5.81. The van der Waals surface area contributed by atoms with E-state index >= 15 is 0 Å². The number of pyridine rings is 1. The molecule has 1 amide bonds. The fourth-order valence-electron chi connectivity index (χ4n) is 4.40. The number of carbonyl (C=O) groups excluding carboxylic acids is 1. The maximum atomic E-state index is 11.5. The van der Waals surface area contributed by atoms with Crippen LogP contribution in [0.2, 0.25) is 0 Å². The molecule has 0 spiro atoms. The summed E-state index contributed by atoms with van der Waals surface area (Å²) < 4.78 is 6.24. The minimum Gasteiger partial charge on any atom is -0.370 e. The molecule has 2 fully saturated rings. The Morgan fingerprint density at radius 2 is 2.03 bits per heavy atom. The Balaban J connectivity index is 1.50. The SMILES string of the molecule is CC(=O)N1CCN(C[C@H]2CN(c3ccc(C#N)c4ncccc34)C[C@@H](C)O2)CC1. The van der Waals surface area contributed by atoms with E-state index in [-0.39, 0.29) is 18.1 Å². The number of hydrogen-bond donors (Lipinski definition) is 0. The molecular weight excluding hydrogens is 366 g/mol. The van der Waals surface area contributed by atoms with Crippen LogP contribution in [0.3, 0.4) is 0 Å². The molecule has 0 unspecified atom stereocenters. The number of benzene rings is 1.